The molecule has 384 valence electrons. The first kappa shape index (κ1) is 63.6. The highest BCUT2D eigenvalue weighted by Gasteiger charge is 2.19. The van der Waals surface area contributed by atoms with E-state index in [1.165, 1.54) is 122 Å². The van der Waals surface area contributed by atoms with Crippen LogP contribution in [-0.2, 0) is 28.6 Å². The van der Waals surface area contributed by atoms with Gasteiger partial charge < -0.3 is 14.2 Å². The maximum Gasteiger partial charge on any atom is 0.306 e. The summed E-state index contributed by atoms with van der Waals surface area (Å²) in [7, 11) is 0. The number of ether oxygens (including phenoxy) is 3. The molecule has 0 rings (SSSR count). The van der Waals surface area contributed by atoms with Gasteiger partial charge in [0.25, 0.3) is 0 Å². The van der Waals surface area contributed by atoms with Gasteiger partial charge in [0.15, 0.2) is 6.10 Å². The van der Waals surface area contributed by atoms with Crippen LogP contribution < -0.4 is 0 Å². The van der Waals surface area contributed by atoms with Gasteiger partial charge in [-0.3, -0.25) is 14.4 Å². The molecule has 0 spiro atoms. The van der Waals surface area contributed by atoms with Crippen molar-refractivity contribution in [3.8, 4) is 0 Å². The van der Waals surface area contributed by atoms with Gasteiger partial charge in [-0.1, -0.05) is 215 Å². The van der Waals surface area contributed by atoms with E-state index < -0.39 is 6.10 Å². The van der Waals surface area contributed by atoms with Gasteiger partial charge in [-0.15, -0.1) is 0 Å². The minimum absolute atomic E-state index is 0.0915. The maximum atomic E-state index is 12.8. The van der Waals surface area contributed by atoms with Gasteiger partial charge in [-0.25, -0.2) is 0 Å². The lowest BCUT2D eigenvalue weighted by atomic mass is 10.1. The standard InChI is InChI=1S/C61H104O6/c1-4-7-10-13-16-19-22-25-27-29-30-32-33-36-39-42-45-48-51-54-60(63)66-57-58(56-65-59(62)53-50-47-44-41-38-35-24-21-18-15-12-9-6-3)67-61(64)55-52-49-46-43-40-37-34-31-28-26-23-20-17-14-11-8-5-2/h9,12,16-21,25-28,35,38,58H,4-8,10-11,13-15,22-24,29-34,36-37,39-57H2,1-3H3/b12-9-,19-16-,20-17-,21-18-,27-25-,28-26-,38-35-. The van der Waals surface area contributed by atoms with Crippen molar-refractivity contribution in [3.05, 3.63) is 85.1 Å². The van der Waals surface area contributed by atoms with Gasteiger partial charge in [0.2, 0.25) is 0 Å². The van der Waals surface area contributed by atoms with E-state index in [9.17, 15) is 14.4 Å². The number of carbonyl (C=O) groups excluding carboxylic acids is 3. The Labute approximate surface area is 414 Å². The highest BCUT2D eigenvalue weighted by molar-refractivity contribution is 5.71. The van der Waals surface area contributed by atoms with Gasteiger partial charge >= 0.3 is 17.9 Å². The third kappa shape index (κ3) is 53.4. The Morgan fingerprint density at radius 2 is 0.582 bits per heavy atom. The Balaban J connectivity index is 4.41. The van der Waals surface area contributed by atoms with E-state index in [1.54, 1.807) is 0 Å². The second-order valence-corrected chi connectivity index (χ2v) is 18.5. The van der Waals surface area contributed by atoms with E-state index in [0.717, 1.165) is 103 Å². The average molecular weight is 933 g/mol. The smallest absolute Gasteiger partial charge is 0.306 e. The molecule has 0 amide bonds. The minimum atomic E-state index is -0.795. The van der Waals surface area contributed by atoms with Crippen LogP contribution in [0.3, 0.4) is 0 Å². The summed E-state index contributed by atoms with van der Waals surface area (Å²) in [6.07, 6.45) is 71.4. The van der Waals surface area contributed by atoms with Gasteiger partial charge in [0.05, 0.1) is 0 Å². The minimum Gasteiger partial charge on any atom is -0.462 e. The monoisotopic (exact) mass is 933 g/mol. The third-order valence-electron chi connectivity index (χ3n) is 11.9. The van der Waals surface area contributed by atoms with Gasteiger partial charge in [-0.05, 0) is 116 Å². The zero-order valence-corrected chi connectivity index (χ0v) is 43.9. The SMILES string of the molecule is CC/C=C\C/C=C\C/C=C\CCCCCC(=O)OCC(COC(=O)CCCCCCCCCCC/C=C\C/C=C\CCCCC)OC(=O)CCCCCCCCC/C=C\C/C=C\CCCCC. The number of hydrogen-bond donors (Lipinski definition) is 0. The Morgan fingerprint density at radius 1 is 0.313 bits per heavy atom. The molecule has 0 fully saturated rings. The number of allylic oxidation sites excluding steroid dienone is 14. The van der Waals surface area contributed by atoms with Crippen molar-refractivity contribution < 1.29 is 28.6 Å². The summed E-state index contributed by atoms with van der Waals surface area (Å²) < 4.78 is 16.8. The molecule has 0 bridgehead atoms. The van der Waals surface area contributed by atoms with Crippen molar-refractivity contribution in [2.24, 2.45) is 0 Å². The fourth-order valence-corrected chi connectivity index (χ4v) is 7.63. The molecule has 0 radical (unpaired) electrons. The first-order chi connectivity index (χ1) is 33.0. The van der Waals surface area contributed by atoms with Crippen LogP contribution in [0, 0.1) is 0 Å². The summed E-state index contributed by atoms with van der Waals surface area (Å²) in [6, 6.07) is 0. The van der Waals surface area contributed by atoms with Crippen molar-refractivity contribution >= 4 is 17.9 Å². The first-order valence-electron chi connectivity index (χ1n) is 28.1. The molecule has 0 aliphatic heterocycles. The molecule has 0 saturated heterocycles. The fraction of sp³-hybridized carbons (Fsp3) is 0.721. The summed E-state index contributed by atoms with van der Waals surface area (Å²) in [5.74, 6) is -0.930. The predicted molar refractivity (Wildman–Crippen MR) is 288 cm³/mol. The lowest BCUT2D eigenvalue weighted by Crippen LogP contribution is -2.30. The van der Waals surface area contributed by atoms with E-state index in [0.29, 0.717) is 19.3 Å². The molecule has 0 aromatic rings. The quantitative estimate of drug-likeness (QED) is 0.0262. The average Bonchev–Trinajstić information content (AvgIpc) is 3.33. The molecule has 0 aliphatic carbocycles. The number of unbranched alkanes of at least 4 members (excludes halogenated alkanes) is 25. The predicted octanol–water partition coefficient (Wildman–Crippen LogP) is 18.8. The molecule has 6 heteroatoms. The normalized spacial score (nSPS) is 12.7. The highest BCUT2D eigenvalue weighted by atomic mass is 16.6. The summed E-state index contributed by atoms with van der Waals surface area (Å²) >= 11 is 0. The second kappa shape index (κ2) is 55.2. The lowest BCUT2D eigenvalue weighted by Gasteiger charge is -2.18. The zero-order chi connectivity index (χ0) is 48.6. The summed E-state index contributed by atoms with van der Waals surface area (Å²) in [6.45, 7) is 6.45. The van der Waals surface area contributed by atoms with E-state index in [-0.39, 0.29) is 31.1 Å². The molecule has 0 aromatic heterocycles. The van der Waals surface area contributed by atoms with Crippen molar-refractivity contribution in [2.75, 3.05) is 13.2 Å². The molecule has 1 unspecified atom stereocenters. The van der Waals surface area contributed by atoms with Gasteiger partial charge in [0.1, 0.15) is 13.2 Å². The van der Waals surface area contributed by atoms with E-state index in [2.05, 4.69) is 106 Å². The molecule has 0 N–H and O–H groups in total. The van der Waals surface area contributed by atoms with Crippen molar-refractivity contribution in [1.29, 1.82) is 0 Å². The first-order valence-corrected chi connectivity index (χ1v) is 28.1. The Bertz CT molecular complexity index is 1300. The van der Waals surface area contributed by atoms with Crippen LogP contribution in [0.5, 0.6) is 0 Å². The second-order valence-electron chi connectivity index (χ2n) is 18.5. The van der Waals surface area contributed by atoms with E-state index in [4.69, 9.17) is 14.2 Å². The molecule has 6 nitrogen and oxygen atoms in total. The molecule has 0 aromatic carbocycles. The van der Waals surface area contributed by atoms with Crippen molar-refractivity contribution in [1.82, 2.24) is 0 Å². The van der Waals surface area contributed by atoms with Crippen LogP contribution in [0.15, 0.2) is 85.1 Å². The third-order valence-corrected chi connectivity index (χ3v) is 11.9. The van der Waals surface area contributed by atoms with E-state index >= 15 is 0 Å². The summed E-state index contributed by atoms with van der Waals surface area (Å²) in [5, 5.41) is 0. The van der Waals surface area contributed by atoms with Crippen LogP contribution in [-0.4, -0.2) is 37.2 Å². The maximum absolute atomic E-state index is 12.8. The Hall–Kier alpha value is -3.41. The lowest BCUT2D eigenvalue weighted by molar-refractivity contribution is -0.167. The molecule has 0 aliphatic rings. The molecular weight excluding hydrogens is 829 g/mol. The summed E-state index contributed by atoms with van der Waals surface area (Å²) in [5.41, 5.74) is 0. The highest BCUT2D eigenvalue weighted by Crippen LogP contribution is 2.15. The van der Waals surface area contributed by atoms with Crippen LogP contribution in [0.1, 0.15) is 265 Å². The molecule has 67 heavy (non-hydrogen) atoms. The Morgan fingerprint density at radius 3 is 0.925 bits per heavy atom. The fourth-order valence-electron chi connectivity index (χ4n) is 7.63. The van der Waals surface area contributed by atoms with Crippen molar-refractivity contribution in [3.63, 3.8) is 0 Å². The zero-order valence-electron chi connectivity index (χ0n) is 43.9. The van der Waals surface area contributed by atoms with Crippen LogP contribution in [0.4, 0.5) is 0 Å². The molecular formula is C61H104O6. The van der Waals surface area contributed by atoms with Crippen LogP contribution >= 0.6 is 0 Å². The summed E-state index contributed by atoms with van der Waals surface area (Å²) in [4.78, 5) is 38.1. The van der Waals surface area contributed by atoms with E-state index in [1.807, 2.05) is 0 Å². The largest absolute Gasteiger partial charge is 0.462 e. The number of carbonyl (C=O) groups is 3. The topological polar surface area (TPSA) is 78.9 Å². The molecule has 0 saturated carbocycles. The number of rotatable bonds is 50. The van der Waals surface area contributed by atoms with Crippen molar-refractivity contribution in [2.45, 2.75) is 271 Å². The van der Waals surface area contributed by atoms with Crippen LogP contribution in [0.2, 0.25) is 0 Å². The number of esters is 3. The van der Waals surface area contributed by atoms with Crippen LogP contribution in [0.25, 0.3) is 0 Å². The molecule has 1 atom stereocenters. The Kier molecular flexibility index (Phi) is 52.4. The van der Waals surface area contributed by atoms with Gasteiger partial charge in [0, 0.05) is 19.3 Å². The van der Waals surface area contributed by atoms with Gasteiger partial charge in [-0.2, -0.15) is 0 Å². The molecule has 0 heterocycles. The number of hydrogen-bond acceptors (Lipinski definition) is 6.